The standard InChI is InChI=1S/C19H18N4O3/c1-12-15(13(2)21-19(25)16(12)9-20)6-7-18(24)26-11-14-10-23-8-4-3-5-17(23)22-14/h3-5,8,10H,6-7,11H2,1-2H3,(H,21,25). The number of aromatic amines is 1. The molecule has 0 aliphatic carbocycles. The Kier molecular flexibility index (Phi) is 4.85. The Balaban J connectivity index is 1.63. The third kappa shape index (κ3) is 3.49. The Hall–Kier alpha value is -3.40. The molecule has 0 saturated carbocycles. The summed E-state index contributed by atoms with van der Waals surface area (Å²) < 4.78 is 7.15. The Morgan fingerprint density at radius 3 is 2.92 bits per heavy atom. The number of nitriles is 1. The molecule has 3 heterocycles. The van der Waals surface area contributed by atoms with Gasteiger partial charge < -0.3 is 14.1 Å². The SMILES string of the molecule is Cc1[nH]c(=O)c(C#N)c(C)c1CCC(=O)OCc1cn2ccccc2n1. The highest BCUT2D eigenvalue weighted by Crippen LogP contribution is 2.15. The third-order valence-corrected chi connectivity index (χ3v) is 4.29. The van der Waals surface area contributed by atoms with Crippen LogP contribution in [0.4, 0.5) is 0 Å². The van der Waals surface area contributed by atoms with Gasteiger partial charge in [-0.1, -0.05) is 6.07 Å². The van der Waals surface area contributed by atoms with Gasteiger partial charge in [0.2, 0.25) is 0 Å². The summed E-state index contributed by atoms with van der Waals surface area (Å²) in [7, 11) is 0. The highest BCUT2D eigenvalue weighted by molar-refractivity contribution is 5.70. The first kappa shape index (κ1) is 17.4. The van der Waals surface area contributed by atoms with E-state index in [1.54, 1.807) is 13.8 Å². The second-order valence-electron chi connectivity index (χ2n) is 6.03. The van der Waals surface area contributed by atoms with Crippen LogP contribution < -0.4 is 5.56 Å². The van der Waals surface area contributed by atoms with Crippen molar-refractivity contribution in [2.75, 3.05) is 0 Å². The highest BCUT2D eigenvalue weighted by Gasteiger charge is 2.14. The molecule has 0 amide bonds. The fraction of sp³-hybridized carbons (Fsp3) is 0.263. The predicted molar refractivity (Wildman–Crippen MR) is 94.6 cm³/mol. The molecule has 3 aromatic rings. The number of hydrogen-bond donors (Lipinski definition) is 1. The summed E-state index contributed by atoms with van der Waals surface area (Å²) in [6.07, 6.45) is 4.25. The number of fused-ring (bicyclic) bond motifs is 1. The van der Waals surface area contributed by atoms with Crippen molar-refractivity contribution >= 4 is 11.6 Å². The molecule has 0 radical (unpaired) electrons. The van der Waals surface area contributed by atoms with Crippen LogP contribution in [0, 0.1) is 25.2 Å². The number of H-pyrrole nitrogens is 1. The molecule has 0 bridgehead atoms. The second kappa shape index (κ2) is 7.23. The minimum absolute atomic E-state index is 0.0867. The lowest BCUT2D eigenvalue weighted by Crippen LogP contribution is -2.17. The number of nitrogens with one attached hydrogen (secondary N) is 1. The van der Waals surface area contributed by atoms with Gasteiger partial charge in [-0.2, -0.15) is 5.26 Å². The fourth-order valence-electron chi connectivity index (χ4n) is 2.93. The lowest BCUT2D eigenvalue weighted by atomic mass is 9.99. The maximum atomic E-state index is 12.1. The van der Waals surface area contributed by atoms with Crippen molar-refractivity contribution in [3.63, 3.8) is 0 Å². The smallest absolute Gasteiger partial charge is 0.306 e. The van der Waals surface area contributed by atoms with E-state index in [-0.39, 0.29) is 24.6 Å². The number of esters is 1. The van der Waals surface area contributed by atoms with Gasteiger partial charge in [0, 0.05) is 24.5 Å². The number of nitrogens with zero attached hydrogens (tertiary/aromatic N) is 3. The Morgan fingerprint density at radius 2 is 2.19 bits per heavy atom. The van der Waals surface area contributed by atoms with Gasteiger partial charge in [-0.3, -0.25) is 9.59 Å². The van der Waals surface area contributed by atoms with Crippen molar-refractivity contribution in [3.8, 4) is 6.07 Å². The van der Waals surface area contributed by atoms with Crippen molar-refractivity contribution in [2.24, 2.45) is 0 Å². The van der Waals surface area contributed by atoms with Gasteiger partial charge in [0.25, 0.3) is 5.56 Å². The lowest BCUT2D eigenvalue weighted by Gasteiger charge is -2.10. The number of ether oxygens (including phenoxy) is 1. The van der Waals surface area contributed by atoms with Crippen LogP contribution in [-0.2, 0) is 22.6 Å². The van der Waals surface area contributed by atoms with Gasteiger partial charge >= 0.3 is 5.97 Å². The quantitative estimate of drug-likeness (QED) is 0.711. The Labute approximate surface area is 149 Å². The van der Waals surface area contributed by atoms with Gasteiger partial charge in [-0.15, -0.1) is 0 Å². The van der Waals surface area contributed by atoms with Gasteiger partial charge in [-0.05, 0) is 43.5 Å². The molecule has 0 saturated heterocycles. The first-order valence-electron chi connectivity index (χ1n) is 8.20. The molecule has 7 heteroatoms. The first-order valence-corrected chi connectivity index (χ1v) is 8.20. The number of aromatic nitrogens is 3. The third-order valence-electron chi connectivity index (χ3n) is 4.29. The van der Waals surface area contributed by atoms with Gasteiger partial charge in [0.1, 0.15) is 23.9 Å². The predicted octanol–water partition coefficient (Wildman–Crippen LogP) is 2.19. The van der Waals surface area contributed by atoms with Crippen LogP contribution in [0.1, 0.15) is 34.5 Å². The van der Waals surface area contributed by atoms with E-state index in [2.05, 4.69) is 9.97 Å². The van der Waals surface area contributed by atoms with Crippen LogP contribution >= 0.6 is 0 Å². The molecule has 0 atom stereocenters. The molecular formula is C19H18N4O3. The van der Waals surface area contributed by atoms with E-state index in [4.69, 9.17) is 10.00 Å². The van der Waals surface area contributed by atoms with Crippen LogP contribution in [-0.4, -0.2) is 20.3 Å². The summed E-state index contributed by atoms with van der Waals surface area (Å²) in [5.74, 6) is -0.356. The number of imidazole rings is 1. The fourth-order valence-corrected chi connectivity index (χ4v) is 2.93. The summed E-state index contributed by atoms with van der Waals surface area (Å²) in [4.78, 5) is 30.8. The molecule has 3 aromatic heterocycles. The molecule has 0 fully saturated rings. The van der Waals surface area contributed by atoms with E-state index in [0.29, 0.717) is 23.4 Å². The molecule has 0 spiro atoms. The van der Waals surface area contributed by atoms with Crippen molar-refractivity contribution in [1.29, 1.82) is 5.26 Å². The normalized spacial score (nSPS) is 10.7. The summed E-state index contributed by atoms with van der Waals surface area (Å²) in [6, 6.07) is 7.57. The van der Waals surface area contributed by atoms with E-state index < -0.39 is 5.56 Å². The molecule has 7 nitrogen and oxygen atoms in total. The number of pyridine rings is 2. The largest absolute Gasteiger partial charge is 0.459 e. The van der Waals surface area contributed by atoms with E-state index in [1.165, 1.54) is 0 Å². The molecule has 3 rings (SSSR count). The molecule has 0 aliphatic heterocycles. The maximum Gasteiger partial charge on any atom is 0.306 e. The van der Waals surface area contributed by atoms with E-state index in [0.717, 1.165) is 11.2 Å². The zero-order valence-electron chi connectivity index (χ0n) is 14.6. The van der Waals surface area contributed by atoms with Crippen LogP contribution in [0.2, 0.25) is 0 Å². The lowest BCUT2D eigenvalue weighted by molar-refractivity contribution is -0.145. The van der Waals surface area contributed by atoms with Crippen molar-refractivity contribution in [2.45, 2.75) is 33.3 Å². The minimum Gasteiger partial charge on any atom is -0.459 e. The molecule has 26 heavy (non-hydrogen) atoms. The molecule has 132 valence electrons. The van der Waals surface area contributed by atoms with Crippen molar-refractivity contribution in [3.05, 3.63) is 69.0 Å². The summed E-state index contributed by atoms with van der Waals surface area (Å²) in [5, 5.41) is 9.09. The van der Waals surface area contributed by atoms with E-state index in [9.17, 15) is 9.59 Å². The second-order valence-corrected chi connectivity index (χ2v) is 6.03. The van der Waals surface area contributed by atoms with Crippen LogP contribution in [0.25, 0.3) is 5.65 Å². The highest BCUT2D eigenvalue weighted by atomic mass is 16.5. The monoisotopic (exact) mass is 350 g/mol. The number of aryl methyl sites for hydroxylation is 1. The minimum atomic E-state index is -0.402. The average molecular weight is 350 g/mol. The molecular weight excluding hydrogens is 332 g/mol. The Bertz CT molecular complexity index is 1040. The first-order chi connectivity index (χ1) is 12.5. The molecule has 1 N–H and O–H groups in total. The topological polar surface area (TPSA) is 100 Å². The number of rotatable bonds is 5. The van der Waals surface area contributed by atoms with Crippen LogP contribution in [0.5, 0.6) is 0 Å². The van der Waals surface area contributed by atoms with E-state index in [1.807, 2.05) is 41.1 Å². The zero-order chi connectivity index (χ0) is 18.7. The van der Waals surface area contributed by atoms with Crippen molar-refractivity contribution in [1.82, 2.24) is 14.4 Å². The summed E-state index contributed by atoms with van der Waals surface area (Å²) in [5.41, 5.74) is 3.23. The summed E-state index contributed by atoms with van der Waals surface area (Å²) in [6.45, 7) is 3.58. The zero-order valence-corrected chi connectivity index (χ0v) is 14.6. The molecule has 0 aliphatic rings. The number of carbonyl (C=O) groups is 1. The summed E-state index contributed by atoms with van der Waals surface area (Å²) >= 11 is 0. The molecule has 0 aromatic carbocycles. The Morgan fingerprint density at radius 1 is 1.38 bits per heavy atom. The van der Waals surface area contributed by atoms with E-state index >= 15 is 0 Å². The van der Waals surface area contributed by atoms with Crippen LogP contribution in [0.3, 0.4) is 0 Å². The molecule has 0 unspecified atom stereocenters. The maximum absolute atomic E-state index is 12.1. The van der Waals surface area contributed by atoms with Crippen LogP contribution in [0.15, 0.2) is 35.4 Å². The average Bonchev–Trinajstić information content (AvgIpc) is 3.02. The van der Waals surface area contributed by atoms with Crippen molar-refractivity contribution < 1.29 is 9.53 Å². The van der Waals surface area contributed by atoms with Gasteiger partial charge in [-0.25, -0.2) is 4.98 Å². The van der Waals surface area contributed by atoms with Gasteiger partial charge in [0.05, 0.1) is 5.69 Å². The number of hydrogen-bond acceptors (Lipinski definition) is 5. The number of carbonyl (C=O) groups excluding carboxylic acids is 1. The van der Waals surface area contributed by atoms with Gasteiger partial charge in [0.15, 0.2) is 0 Å².